The molecule has 0 spiro atoms. The van der Waals surface area contributed by atoms with Crippen LogP contribution in [0.1, 0.15) is 103 Å². The van der Waals surface area contributed by atoms with Crippen LogP contribution >= 0.6 is 0 Å². The van der Waals surface area contributed by atoms with Crippen LogP contribution in [-0.4, -0.2) is 62.3 Å². The SMILES string of the molecule is CCCCCCCC/C=C\CCCCCCCC(=O)OCN(COC=O)C(=O)CCN(C)C. The molecule has 0 aliphatic carbocycles. The second-order valence-corrected chi connectivity index (χ2v) is 8.86. The van der Waals surface area contributed by atoms with Crippen molar-refractivity contribution in [1.29, 1.82) is 0 Å². The van der Waals surface area contributed by atoms with Gasteiger partial charge in [0, 0.05) is 19.4 Å². The van der Waals surface area contributed by atoms with E-state index in [9.17, 15) is 14.4 Å². The Hall–Kier alpha value is -1.89. The molecule has 7 nitrogen and oxygen atoms in total. The van der Waals surface area contributed by atoms with E-state index in [1.54, 1.807) is 0 Å². The summed E-state index contributed by atoms with van der Waals surface area (Å²) in [5.41, 5.74) is 0. The number of esters is 1. The number of allylic oxidation sites excluding steroid dienone is 2. The molecule has 0 saturated heterocycles. The molecule has 192 valence electrons. The van der Waals surface area contributed by atoms with Gasteiger partial charge >= 0.3 is 5.97 Å². The summed E-state index contributed by atoms with van der Waals surface area (Å²) in [7, 11) is 3.74. The number of ether oxygens (including phenoxy) is 2. The third kappa shape index (κ3) is 21.7. The van der Waals surface area contributed by atoms with E-state index in [1.165, 1.54) is 62.7 Å². The van der Waals surface area contributed by atoms with E-state index in [0.29, 0.717) is 13.0 Å². The highest BCUT2D eigenvalue weighted by atomic mass is 16.6. The van der Waals surface area contributed by atoms with E-state index in [2.05, 4.69) is 23.8 Å². The summed E-state index contributed by atoms with van der Waals surface area (Å²) in [6.45, 7) is 2.69. The lowest BCUT2D eigenvalue weighted by Crippen LogP contribution is -2.37. The molecule has 1 amide bonds. The number of carbonyl (C=O) groups excluding carboxylic acids is 3. The lowest BCUT2D eigenvalue weighted by atomic mass is 10.1. The van der Waals surface area contributed by atoms with E-state index in [-0.39, 0.29) is 38.2 Å². The van der Waals surface area contributed by atoms with Gasteiger partial charge in [0.25, 0.3) is 6.47 Å². The van der Waals surface area contributed by atoms with Crippen molar-refractivity contribution in [3.05, 3.63) is 12.2 Å². The van der Waals surface area contributed by atoms with Crippen molar-refractivity contribution in [2.75, 3.05) is 34.1 Å². The Kier molecular flexibility index (Phi) is 21.9. The van der Waals surface area contributed by atoms with Crippen LogP contribution in [0.2, 0.25) is 0 Å². The van der Waals surface area contributed by atoms with Gasteiger partial charge in [0.1, 0.15) is 0 Å². The minimum atomic E-state index is -0.329. The summed E-state index contributed by atoms with van der Waals surface area (Å²) in [5.74, 6) is -0.552. The highest BCUT2D eigenvalue weighted by Gasteiger charge is 2.16. The third-order valence-electron chi connectivity index (χ3n) is 5.45. The van der Waals surface area contributed by atoms with Gasteiger partial charge in [-0.3, -0.25) is 19.3 Å². The molecule has 0 fully saturated rings. The number of rotatable bonds is 23. The molecule has 0 radical (unpaired) electrons. The smallest absolute Gasteiger partial charge is 0.307 e. The monoisotopic (exact) mass is 468 g/mol. The van der Waals surface area contributed by atoms with Crippen LogP contribution in [0.25, 0.3) is 0 Å². The molecule has 0 aliphatic heterocycles. The first kappa shape index (κ1) is 31.1. The summed E-state index contributed by atoms with van der Waals surface area (Å²) in [6, 6.07) is 0. The minimum Gasteiger partial charge on any atom is -0.446 e. The van der Waals surface area contributed by atoms with E-state index < -0.39 is 0 Å². The van der Waals surface area contributed by atoms with Crippen LogP contribution in [0.4, 0.5) is 0 Å². The maximum atomic E-state index is 12.2. The highest BCUT2D eigenvalue weighted by molar-refractivity contribution is 5.76. The standard InChI is InChI=1S/C26H48N2O5/c1-4-5-6-7-8-9-10-11-12-13-14-15-16-17-18-19-26(31)33-23-28(22-32-24-29)25(30)20-21-27(2)3/h11-12,24H,4-10,13-23H2,1-3H3/b12-11-. The maximum absolute atomic E-state index is 12.2. The number of nitrogens with zero attached hydrogens (tertiary/aromatic N) is 2. The Labute approximate surface area is 201 Å². The van der Waals surface area contributed by atoms with Crippen molar-refractivity contribution in [3.8, 4) is 0 Å². The van der Waals surface area contributed by atoms with E-state index in [4.69, 9.17) is 4.74 Å². The highest BCUT2D eigenvalue weighted by Crippen LogP contribution is 2.10. The first-order chi connectivity index (χ1) is 16.0. The van der Waals surface area contributed by atoms with Gasteiger partial charge in [-0.1, -0.05) is 70.4 Å². The van der Waals surface area contributed by atoms with Gasteiger partial charge in [0.2, 0.25) is 5.91 Å². The Morgan fingerprint density at radius 2 is 1.33 bits per heavy atom. The zero-order chi connectivity index (χ0) is 24.6. The molecule has 0 atom stereocenters. The van der Waals surface area contributed by atoms with Crippen molar-refractivity contribution in [2.45, 2.75) is 103 Å². The Morgan fingerprint density at radius 3 is 1.91 bits per heavy atom. The van der Waals surface area contributed by atoms with Crippen molar-refractivity contribution in [1.82, 2.24) is 9.80 Å². The summed E-state index contributed by atoms with van der Waals surface area (Å²) in [5, 5.41) is 0. The fourth-order valence-corrected chi connectivity index (χ4v) is 3.34. The second-order valence-electron chi connectivity index (χ2n) is 8.86. The normalized spacial score (nSPS) is 11.2. The first-order valence-corrected chi connectivity index (χ1v) is 12.8. The van der Waals surface area contributed by atoms with Crippen molar-refractivity contribution in [3.63, 3.8) is 0 Å². The lowest BCUT2D eigenvalue weighted by Gasteiger charge is -2.21. The Morgan fingerprint density at radius 1 is 0.758 bits per heavy atom. The predicted octanol–water partition coefficient (Wildman–Crippen LogP) is 5.44. The summed E-state index contributed by atoms with van der Waals surface area (Å²) < 4.78 is 9.86. The molecular weight excluding hydrogens is 420 g/mol. The molecule has 0 N–H and O–H groups in total. The lowest BCUT2D eigenvalue weighted by molar-refractivity contribution is -0.159. The van der Waals surface area contributed by atoms with Gasteiger partial charge in [0.15, 0.2) is 13.5 Å². The largest absolute Gasteiger partial charge is 0.446 e. The predicted molar refractivity (Wildman–Crippen MR) is 132 cm³/mol. The summed E-state index contributed by atoms with van der Waals surface area (Å²) in [4.78, 5) is 37.7. The molecule has 0 aromatic rings. The number of amides is 1. The third-order valence-corrected chi connectivity index (χ3v) is 5.45. The average Bonchev–Trinajstić information content (AvgIpc) is 2.80. The molecule has 0 saturated carbocycles. The molecule has 0 heterocycles. The molecule has 0 aromatic heterocycles. The van der Waals surface area contributed by atoms with Gasteiger partial charge in [0.05, 0.1) is 0 Å². The number of unbranched alkanes of at least 4 members (excludes halogenated alkanes) is 11. The second kappa shape index (κ2) is 23.3. The van der Waals surface area contributed by atoms with Crippen LogP contribution < -0.4 is 0 Å². The zero-order valence-corrected chi connectivity index (χ0v) is 21.4. The van der Waals surface area contributed by atoms with Gasteiger partial charge in [-0.25, -0.2) is 0 Å². The van der Waals surface area contributed by atoms with Crippen LogP contribution in [0.3, 0.4) is 0 Å². The van der Waals surface area contributed by atoms with E-state index in [0.717, 1.165) is 25.7 Å². The molecule has 0 rings (SSSR count). The van der Waals surface area contributed by atoms with Gasteiger partial charge < -0.3 is 14.4 Å². The first-order valence-electron chi connectivity index (χ1n) is 12.8. The Bertz CT molecular complexity index is 523. The zero-order valence-electron chi connectivity index (χ0n) is 21.4. The van der Waals surface area contributed by atoms with Crippen LogP contribution in [0.5, 0.6) is 0 Å². The topological polar surface area (TPSA) is 76.1 Å². The minimum absolute atomic E-state index is 0.190. The molecular formula is C26H48N2O5. The molecule has 0 aliphatic rings. The number of carbonyl (C=O) groups is 3. The van der Waals surface area contributed by atoms with Crippen molar-refractivity contribution in [2.24, 2.45) is 0 Å². The van der Waals surface area contributed by atoms with Crippen LogP contribution in [-0.2, 0) is 23.9 Å². The fraction of sp³-hybridized carbons (Fsp3) is 0.808. The van der Waals surface area contributed by atoms with Gasteiger partial charge in [-0.05, 0) is 46.2 Å². The molecule has 7 heteroatoms. The summed E-state index contributed by atoms with van der Waals surface area (Å²) >= 11 is 0. The molecule has 33 heavy (non-hydrogen) atoms. The summed E-state index contributed by atoms with van der Waals surface area (Å²) in [6.07, 6.45) is 20.9. The van der Waals surface area contributed by atoms with Crippen molar-refractivity contribution >= 4 is 18.3 Å². The van der Waals surface area contributed by atoms with Gasteiger partial charge in [-0.2, -0.15) is 0 Å². The molecule has 0 bridgehead atoms. The Balaban J connectivity index is 3.72. The number of hydrogen-bond acceptors (Lipinski definition) is 6. The molecule has 0 aromatic carbocycles. The molecule has 0 unspecified atom stereocenters. The number of hydrogen-bond donors (Lipinski definition) is 0. The van der Waals surface area contributed by atoms with Crippen molar-refractivity contribution < 1.29 is 23.9 Å². The van der Waals surface area contributed by atoms with Gasteiger partial charge in [-0.15, -0.1) is 0 Å². The average molecular weight is 469 g/mol. The van der Waals surface area contributed by atoms with Crippen LogP contribution in [0.15, 0.2) is 12.2 Å². The maximum Gasteiger partial charge on any atom is 0.307 e. The van der Waals surface area contributed by atoms with Crippen LogP contribution in [0, 0.1) is 0 Å². The van der Waals surface area contributed by atoms with E-state index in [1.807, 2.05) is 19.0 Å². The van der Waals surface area contributed by atoms with E-state index >= 15 is 0 Å². The fourth-order valence-electron chi connectivity index (χ4n) is 3.34. The quantitative estimate of drug-likeness (QED) is 0.0654.